The summed E-state index contributed by atoms with van der Waals surface area (Å²) in [6.07, 6.45) is 3.09. The summed E-state index contributed by atoms with van der Waals surface area (Å²) in [5, 5.41) is 11.1. The van der Waals surface area contributed by atoms with Gasteiger partial charge in [0.1, 0.15) is 11.6 Å². The first-order valence-electron chi connectivity index (χ1n) is 10.6. The van der Waals surface area contributed by atoms with Crippen LogP contribution in [0.1, 0.15) is 22.7 Å². The number of carbonyl (C=O) groups excluding carboxylic acids is 2. The highest BCUT2D eigenvalue weighted by Crippen LogP contribution is 2.41. The van der Waals surface area contributed by atoms with Gasteiger partial charge in [0.2, 0.25) is 10.0 Å². The van der Waals surface area contributed by atoms with E-state index in [1.807, 2.05) is 0 Å². The normalized spacial score (nSPS) is 17.8. The molecule has 0 bridgehead atoms. The SMILES string of the molecule is CN(C)S(=O)(=O)c1ccc(C(O)=C2C(=O)C(=O)N(Cc3cccnc3)[C@H]2c2ccccc2F)cc1. The van der Waals surface area contributed by atoms with E-state index in [9.17, 15) is 27.5 Å². The summed E-state index contributed by atoms with van der Waals surface area (Å²) in [5.41, 5.74) is 0.494. The number of amides is 1. The Morgan fingerprint density at radius 3 is 2.34 bits per heavy atom. The molecule has 4 rings (SSSR count). The number of aliphatic hydroxyl groups is 1. The number of pyridine rings is 1. The van der Waals surface area contributed by atoms with E-state index in [-0.39, 0.29) is 28.1 Å². The fraction of sp³-hybridized carbons (Fsp3) is 0.160. The summed E-state index contributed by atoms with van der Waals surface area (Å²) in [7, 11) is -0.929. The van der Waals surface area contributed by atoms with E-state index in [4.69, 9.17) is 0 Å². The first-order valence-corrected chi connectivity index (χ1v) is 12.0. The van der Waals surface area contributed by atoms with E-state index in [0.717, 1.165) is 4.31 Å². The van der Waals surface area contributed by atoms with Gasteiger partial charge >= 0.3 is 0 Å². The van der Waals surface area contributed by atoms with Crippen LogP contribution in [0, 0.1) is 5.82 Å². The molecule has 3 aromatic rings. The van der Waals surface area contributed by atoms with Crippen molar-refractivity contribution >= 4 is 27.5 Å². The maximum atomic E-state index is 14.9. The number of aromatic nitrogens is 1. The Kier molecular flexibility index (Phi) is 6.51. The van der Waals surface area contributed by atoms with Gasteiger partial charge in [-0.15, -0.1) is 0 Å². The number of hydrogen-bond donors (Lipinski definition) is 1. The quantitative estimate of drug-likeness (QED) is 0.320. The zero-order valence-corrected chi connectivity index (χ0v) is 19.7. The van der Waals surface area contributed by atoms with Gasteiger partial charge in [-0.25, -0.2) is 17.1 Å². The molecule has 1 fully saturated rings. The van der Waals surface area contributed by atoms with Crippen molar-refractivity contribution in [3.8, 4) is 0 Å². The molecule has 10 heteroatoms. The van der Waals surface area contributed by atoms with E-state index in [0.29, 0.717) is 5.56 Å². The molecule has 1 aliphatic heterocycles. The number of nitrogens with zero attached hydrogens (tertiary/aromatic N) is 3. The van der Waals surface area contributed by atoms with Gasteiger partial charge in [0.25, 0.3) is 11.7 Å². The smallest absolute Gasteiger partial charge is 0.295 e. The molecular formula is C25H22FN3O5S. The Hall–Kier alpha value is -3.89. The molecule has 0 unspecified atom stereocenters. The van der Waals surface area contributed by atoms with Crippen LogP contribution in [-0.2, 0) is 26.2 Å². The Morgan fingerprint density at radius 2 is 1.74 bits per heavy atom. The summed E-state index contributed by atoms with van der Waals surface area (Å²) in [5.74, 6) is -3.03. The van der Waals surface area contributed by atoms with Crippen molar-refractivity contribution in [1.82, 2.24) is 14.2 Å². The molecule has 8 nitrogen and oxygen atoms in total. The minimum Gasteiger partial charge on any atom is -0.507 e. The summed E-state index contributed by atoms with van der Waals surface area (Å²) >= 11 is 0. The highest BCUT2D eigenvalue weighted by Gasteiger charge is 2.47. The third kappa shape index (κ3) is 4.45. The third-order valence-electron chi connectivity index (χ3n) is 5.72. The average Bonchev–Trinajstić information content (AvgIpc) is 3.09. The van der Waals surface area contributed by atoms with Gasteiger partial charge in [-0.3, -0.25) is 14.6 Å². The third-order valence-corrected chi connectivity index (χ3v) is 7.55. The molecule has 35 heavy (non-hydrogen) atoms. The zero-order valence-electron chi connectivity index (χ0n) is 18.9. The number of benzene rings is 2. The molecule has 1 saturated heterocycles. The average molecular weight is 496 g/mol. The lowest BCUT2D eigenvalue weighted by Crippen LogP contribution is -2.29. The Labute approximate surface area is 202 Å². The van der Waals surface area contributed by atoms with Crippen molar-refractivity contribution in [3.05, 3.63) is 101 Å². The van der Waals surface area contributed by atoms with Crippen molar-refractivity contribution in [1.29, 1.82) is 0 Å². The monoisotopic (exact) mass is 495 g/mol. The van der Waals surface area contributed by atoms with Crippen LogP contribution in [0.2, 0.25) is 0 Å². The van der Waals surface area contributed by atoms with Crippen LogP contribution in [0.5, 0.6) is 0 Å². The first kappa shape index (κ1) is 24.2. The summed E-state index contributed by atoms with van der Waals surface area (Å²) in [6, 6.07) is 13.1. The summed E-state index contributed by atoms with van der Waals surface area (Å²) in [4.78, 5) is 31.3. The molecule has 1 N–H and O–H groups in total. The second-order valence-corrected chi connectivity index (χ2v) is 10.3. The number of Topliss-reactive ketones (excluding diaryl/α,β-unsaturated/α-hetero) is 1. The van der Waals surface area contributed by atoms with E-state index in [1.54, 1.807) is 24.4 Å². The number of ketones is 1. The Morgan fingerprint density at radius 1 is 1.06 bits per heavy atom. The molecule has 2 aromatic carbocycles. The van der Waals surface area contributed by atoms with Gasteiger partial charge in [0, 0.05) is 44.2 Å². The molecule has 1 aliphatic rings. The first-order chi connectivity index (χ1) is 16.6. The van der Waals surface area contributed by atoms with Crippen molar-refractivity contribution in [3.63, 3.8) is 0 Å². The predicted molar refractivity (Wildman–Crippen MR) is 126 cm³/mol. The highest BCUT2D eigenvalue weighted by atomic mass is 32.2. The van der Waals surface area contributed by atoms with E-state index >= 15 is 0 Å². The molecule has 1 amide bonds. The van der Waals surface area contributed by atoms with Gasteiger partial charge in [0.05, 0.1) is 16.5 Å². The number of halogens is 1. The lowest BCUT2D eigenvalue weighted by atomic mass is 9.95. The number of aliphatic hydroxyl groups excluding tert-OH is 1. The molecule has 1 aromatic heterocycles. The standard InChI is InChI=1S/C25H22FN3O5S/c1-28(2)35(33,34)18-11-9-17(10-12-18)23(30)21-22(19-7-3-4-8-20(19)26)29(25(32)24(21)31)15-16-6-5-13-27-14-16/h3-14,22,30H,15H2,1-2H3/t22-/m0/s1. The fourth-order valence-corrected chi connectivity index (χ4v) is 4.80. The molecule has 2 heterocycles. The van der Waals surface area contributed by atoms with Gasteiger partial charge in [0.15, 0.2) is 0 Å². The lowest BCUT2D eigenvalue weighted by molar-refractivity contribution is -0.140. The number of carbonyl (C=O) groups is 2. The number of sulfonamides is 1. The van der Waals surface area contributed by atoms with Gasteiger partial charge < -0.3 is 10.0 Å². The molecular weight excluding hydrogens is 473 g/mol. The molecule has 0 radical (unpaired) electrons. The van der Waals surface area contributed by atoms with Crippen LogP contribution in [-0.4, -0.2) is 53.5 Å². The van der Waals surface area contributed by atoms with Crippen molar-refractivity contribution < 1.29 is 27.5 Å². The molecule has 0 spiro atoms. The zero-order chi connectivity index (χ0) is 25.3. The van der Waals surface area contributed by atoms with Crippen LogP contribution in [0.4, 0.5) is 4.39 Å². The topological polar surface area (TPSA) is 108 Å². The molecule has 0 aliphatic carbocycles. The summed E-state index contributed by atoms with van der Waals surface area (Å²) < 4.78 is 40.6. The van der Waals surface area contributed by atoms with Crippen molar-refractivity contribution in [2.75, 3.05) is 14.1 Å². The maximum absolute atomic E-state index is 14.9. The van der Waals surface area contributed by atoms with E-state index < -0.39 is 39.3 Å². The highest BCUT2D eigenvalue weighted by molar-refractivity contribution is 7.89. The maximum Gasteiger partial charge on any atom is 0.295 e. The van der Waals surface area contributed by atoms with Crippen molar-refractivity contribution in [2.45, 2.75) is 17.5 Å². The minimum absolute atomic E-state index is 0.0123. The predicted octanol–water partition coefficient (Wildman–Crippen LogP) is 3.09. The number of hydrogen-bond acceptors (Lipinski definition) is 6. The number of likely N-dealkylation sites (tertiary alicyclic amines) is 1. The lowest BCUT2D eigenvalue weighted by Gasteiger charge is -2.25. The van der Waals surface area contributed by atoms with Gasteiger partial charge in [-0.2, -0.15) is 0 Å². The van der Waals surface area contributed by atoms with Gasteiger partial charge in [-0.1, -0.05) is 24.3 Å². The van der Waals surface area contributed by atoms with E-state index in [1.165, 1.54) is 67.7 Å². The molecule has 180 valence electrons. The summed E-state index contributed by atoms with van der Waals surface area (Å²) in [6.45, 7) is -0.0335. The Bertz CT molecular complexity index is 1420. The van der Waals surface area contributed by atoms with Crippen LogP contribution in [0.25, 0.3) is 5.76 Å². The van der Waals surface area contributed by atoms with Crippen LogP contribution < -0.4 is 0 Å². The van der Waals surface area contributed by atoms with Crippen LogP contribution in [0.3, 0.4) is 0 Å². The van der Waals surface area contributed by atoms with E-state index in [2.05, 4.69) is 4.98 Å². The number of rotatable bonds is 6. The minimum atomic E-state index is -3.71. The van der Waals surface area contributed by atoms with Crippen LogP contribution in [0.15, 0.2) is 83.5 Å². The second kappa shape index (κ2) is 9.40. The van der Waals surface area contributed by atoms with Crippen LogP contribution >= 0.6 is 0 Å². The Balaban J connectivity index is 1.84. The molecule has 0 saturated carbocycles. The fourth-order valence-electron chi connectivity index (χ4n) is 3.90. The van der Waals surface area contributed by atoms with Gasteiger partial charge in [-0.05, 0) is 42.0 Å². The van der Waals surface area contributed by atoms with Crippen molar-refractivity contribution in [2.24, 2.45) is 0 Å². The molecule has 1 atom stereocenters. The second-order valence-electron chi connectivity index (χ2n) is 8.12. The largest absolute Gasteiger partial charge is 0.507 e.